The van der Waals surface area contributed by atoms with E-state index in [9.17, 15) is 0 Å². The average molecular weight is 337 g/mol. The average Bonchev–Trinajstić information content (AvgIpc) is 2.67. The van der Waals surface area contributed by atoms with E-state index < -0.39 is 0 Å². The minimum Gasteiger partial charge on any atom is -0.378 e. The van der Waals surface area contributed by atoms with Crippen LogP contribution in [0.2, 0.25) is 0 Å². The smallest absolute Gasteiger partial charge is 0.169 e. The molecule has 1 fully saturated rings. The molecule has 1 aromatic heterocycles. The Bertz CT molecular complexity index is 665. The fourth-order valence-electron chi connectivity index (χ4n) is 3.24. The number of pyridine rings is 1. The summed E-state index contributed by atoms with van der Waals surface area (Å²) in [4.78, 5) is 4.70. The lowest BCUT2D eigenvalue weighted by Crippen LogP contribution is -2.41. The van der Waals surface area contributed by atoms with Crippen molar-refractivity contribution in [2.24, 2.45) is 0 Å². The summed E-state index contributed by atoms with van der Waals surface area (Å²) in [5, 5.41) is 0. The van der Waals surface area contributed by atoms with E-state index in [4.69, 9.17) is 0 Å². The third-order valence-corrected chi connectivity index (χ3v) is 4.92. The first kappa shape index (κ1) is 17.7. The van der Waals surface area contributed by atoms with Gasteiger partial charge in [-0.1, -0.05) is 30.7 Å². The second kappa shape index (κ2) is 8.82. The van der Waals surface area contributed by atoms with Crippen LogP contribution in [0.4, 0.5) is 5.69 Å². The summed E-state index contributed by atoms with van der Waals surface area (Å²) < 4.78 is 2.29. The van der Waals surface area contributed by atoms with Crippen LogP contribution in [0.3, 0.4) is 0 Å². The molecule has 0 saturated carbocycles. The maximum atomic E-state index is 2.59. The Morgan fingerprint density at radius 3 is 2.08 bits per heavy atom. The Balaban J connectivity index is 1.52. The first-order valence-corrected chi connectivity index (χ1v) is 9.38. The predicted octanol–water partition coefficient (Wildman–Crippen LogP) is 3.70. The van der Waals surface area contributed by atoms with Crippen LogP contribution in [0.15, 0.2) is 48.8 Å². The molecule has 0 bridgehead atoms. The molecular formula is C22H30N3+. The molecule has 1 aromatic carbocycles. The summed E-state index contributed by atoms with van der Waals surface area (Å²) in [7, 11) is 4.13. The topological polar surface area (TPSA) is 10.4 Å². The molecule has 0 N–H and O–H groups in total. The van der Waals surface area contributed by atoms with Gasteiger partial charge < -0.3 is 4.90 Å². The molecular weight excluding hydrogens is 306 g/mol. The molecule has 2 heterocycles. The van der Waals surface area contributed by atoms with Gasteiger partial charge in [-0.25, -0.2) is 4.57 Å². The summed E-state index contributed by atoms with van der Waals surface area (Å²) >= 11 is 0. The van der Waals surface area contributed by atoms with Crippen molar-refractivity contribution in [2.45, 2.75) is 25.8 Å². The highest BCUT2D eigenvalue weighted by molar-refractivity contribution is 5.70. The fourth-order valence-corrected chi connectivity index (χ4v) is 3.24. The highest BCUT2D eigenvalue weighted by Gasteiger charge is 2.11. The Morgan fingerprint density at radius 2 is 1.48 bits per heavy atom. The highest BCUT2D eigenvalue weighted by atomic mass is 15.1. The van der Waals surface area contributed by atoms with Gasteiger partial charge in [0.25, 0.3) is 0 Å². The minimum atomic E-state index is 1.08. The zero-order valence-electron chi connectivity index (χ0n) is 15.6. The molecule has 2 aromatic rings. The van der Waals surface area contributed by atoms with Crippen LogP contribution in [-0.2, 0) is 6.54 Å². The lowest BCUT2D eigenvalue weighted by atomic mass is 10.1. The molecule has 132 valence electrons. The van der Waals surface area contributed by atoms with Gasteiger partial charge in [0.2, 0.25) is 0 Å². The largest absolute Gasteiger partial charge is 0.378 e. The van der Waals surface area contributed by atoms with Crippen molar-refractivity contribution in [1.82, 2.24) is 4.90 Å². The van der Waals surface area contributed by atoms with Gasteiger partial charge >= 0.3 is 0 Å². The van der Waals surface area contributed by atoms with Crippen LogP contribution in [0, 0.1) is 0 Å². The fraction of sp³-hybridized carbons (Fsp3) is 0.409. The molecule has 25 heavy (non-hydrogen) atoms. The summed E-state index contributed by atoms with van der Waals surface area (Å²) in [5.41, 5.74) is 3.70. The molecule has 0 atom stereocenters. The number of rotatable bonds is 6. The molecule has 0 unspecified atom stereocenters. The molecule has 0 radical (unpaired) electrons. The van der Waals surface area contributed by atoms with Gasteiger partial charge in [0.15, 0.2) is 18.9 Å². The number of aromatic nitrogens is 1. The second-order valence-corrected chi connectivity index (χ2v) is 7.09. The second-order valence-electron chi connectivity index (χ2n) is 7.09. The van der Waals surface area contributed by atoms with E-state index in [0.717, 1.165) is 13.1 Å². The maximum Gasteiger partial charge on any atom is 0.169 e. The zero-order valence-corrected chi connectivity index (χ0v) is 15.6. The first-order chi connectivity index (χ1) is 12.2. The Hall–Kier alpha value is -2.13. The van der Waals surface area contributed by atoms with E-state index in [2.05, 4.69) is 89.4 Å². The summed E-state index contributed by atoms with van der Waals surface area (Å²) in [5.74, 6) is 0. The van der Waals surface area contributed by atoms with Crippen molar-refractivity contribution in [2.75, 3.05) is 38.6 Å². The molecule has 1 aliphatic heterocycles. The molecule has 3 heteroatoms. The molecule has 3 nitrogen and oxygen atoms in total. The van der Waals surface area contributed by atoms with Gasteiger partial charge in [0, 0.05) is 31.9 Å². The first-order valence-electron chi connectivity index (χ1n) is 9.38. The van der Waals surface area contributed by atoms with Crippen molar-refractivity contribution >= 4 is 17.8 Å². The van der Waals surface area contributed by atoms with Crippen LogP contribution < -0.4 is 9.47 Å². The van der Waals surface area contributed by atoms with Gasteiger partial charge in [-0.2, -0.15) is 0 Å². The molecule has 0 amide bonds. The number of likely N-dealkylation sites (tertiary alicyclic amines) is 1. The van der Waals surface area contributed by atoms with Crippen molar-refractivity contribution in [1.29, 1.82) is 0 Å². The van der Waals surface area contributed by atoms with Crippen LogP contribution in [0.1, 0.15) is 30.4 Å². The van der Waals surface area contributed by atoms with E-state index in [1.54, 1.807) is 0 Å². The Labute approximate surface area is 152 Å². The molecule has 1 aliphatic rings. The summed E-state index contributed by atoms with van der Waals surface area (Å²) in [6, 6.07) is 13.0. The molecule has 0 spiro atoms. The van der Waals surface area contributed by atoms with Crippen LogP contribution >= 0.6 is 0 Å². The zero-order chi connectivity index (χ0) is 17.5. The Kier molecular flexibility index (Phi) is 6.24. The molecule has 1 saturated heterocycles. The van der Waals surface area contributed by atoms with Crippen molar-refractivity contribution in [3.63, 3.8) is 0 Å². The number of piperidine rings is 1. The van der Waals surface area contributed by atoms with Crippen LogP contribution in [0.5, 0.6) is 0 Å². The third kappa shape index (κ3) is 5.43. The number of hydrogen-bond donors (Lipinski definition) is 0. The SMILES string of the molecule is CN(C)c1ccc(C=Cc2cc[n+](CCN3CCCCC3)cc2)cc1. The van der Waals surface area contributed by atoms with E-state index in [1.807, 2.05) is 0 Å². The van der Waals surface area contributed by atoms with Gasteiger partial charge in [-0.3, -0.25) is 4.90 Å². The highest BCUT2D eigenvalue weighted by Crippen LogP contribution is 2.14. The monoisotopic (exact) mass is 336 g/mol. The molecule has 3 rings (SSSR count). The van der Waals surface area contributed by atoms with Gasteiger partial charge in [0.1, 0.15) is 0 Å². The van der Waals surface area contributed by atoms with E-state index >= 15 is 0 Å². The minimum absolute atomic E-state index is 1.08. The number of nitrogens with zero attached hydrogens (tertiary/aromatic N) is 3. The van der Waals surface area contributed by atoms with Crippen LogP contribution in [-0.4, -0.2) is 38.6 Å². The predicted molar refractivity (Wildman–Crippen MR) is 107 cm³/mol. The van der Waals surface area contributed by atoms with Crippen molar-refractivity contribution in [3.8, 4) is 0 Å². The number of benzene rings is 1. The van der Waals surface area contributed by atoms with Gasteiger partial charge in [-0.15, -0.1) is 0 Å². The normalized spacial score (nSPS) is 15.6. The number of anilines is 1. The number of hydrogen-bond acceptors (Lipinski definition) is 2. The molecule has 0 aliphatic carbocycles. The van der Waals surface area contributed by atoms with Crippen molar-refractivity contribution in [3.05, 3.63) is 59.9 Å². The van der Waals surface area contributed by atoms with E-state index in [1.165, 1.54) is 49.2 Å². The summed E-state index contributed by atoms with van der Waals surface area (Å²) in [6.45, 7) is 4.79. The Morgan fingerprint density at radius 1 is 0.880 bits per heavy atom. The van der Waals surface area contributed by atoms with Crippen LogP contribution in [0.25, 0.3) is 12.2 Å². The van der Waals surface area contributed by atoms with Crippen molar-refractivity contribution < 1.29 is 4.57 Å². The van der Waals surface area contributed by atoms with Gasteiger partial charge in [-0.05, 0) is 49.2 Å². The standard InChI is InChI=1S/C22H30N3/c1-23(2)22-10-8-20(9-11-22)6-7-21-12-16-25(17-13-21)19-18-24-14-4-3-5-15-24/h6-13,16-17H,3-5,14-15,18-19H2,1-2H3/q+1. The lowest BCUT2D eigenvalue weighted by Gasteiger charge is -2.24. The quantitative estimate of drug-likeness (QED) is 0.745. The maximum absolute atomic E-state index is 2.59. The van der Waals surface area contributed by atoms with E-state index in [0.29, 0.717) is 0 Å². The van der Waals surface area contributed by atoms with E-state index in [-0.39, 0.29) is 0 Å². The summed E-state index contributed by atoms with van der Waals surface area (Å²) in [6.07, 6.45) is 12.9. The lowest BCUT2D eigenvalue weighted by molar-refractivity contribution is -0.696. The third-order valence-electron chi connectivity index (χ3n) is 4.92. The van der Waals surface area contributed by atoms with Gasteiger partial charge in [0.05, 0.1) is 6.54 Å².